The molecular formula is C56H80N6O9S2. The molecule has 2 aliphatic carbocycles. The number of carbonyl (C=O) groups excluding carboxylic acids is 6. The van der Waals surface area contributed by atoms with E-state index >= 15 is 0 Å². The molecule has 400 valence electrons. The molecule has 0 radical (unpaired) electrons. The largest absolute Gasteiger partial charge is 0.381 e. The van der Waals surface area contributed by atoms with E-state index in [4.69, 9.17) is 14.2 Å². The molecule has 4 saturated heterocycles. The van der Waals surface area contributed by atoms with E-state index < -0.39 is 35.0 Å². The lowest BCUT2D eigenvalue weighted by atomic mass is 9.83. The van der Waals surface area contributed by atoms with E-state index in [0.717, 1.165) is 33.8 Å². The summed E-state index contributed by atoms with van der Waals surface area (Å²) in [4.78, 5) is 86.9. The lowest BCUT2D eigenvalue weighted by molar-refractivity contribution is -0.144. The summed E-state index contributed by atoms with van der Waals surface area (Å²) in [6.07, 6.45) is 5.81. The molecule has 4 aliphatic heterocycles. The van der Waals surface area contributed by atoms with Gasteiger partial charge in [0.15, 0.2) is 0 Å². The summed E-state index contributed by atoms with van der Waals surface area (Å²) in [7, 11) is 0. The predicted molar refractivity (Wildman–Crippen MR) is 284 cm³/mol. The number of fused-ring (bicyclic) bond motifs is 4. The first-order valence-corrected chi connectivity index (χ1v) is 29.1. The number of carbonyl (C=O) groups is 6. The van der Waals surface area contributed by atoms with Gasteiger partial charge in [0.1, 0.15) is 24.2 Å². The Labute approximate surface area is 441 Å². The van der Waals surface area contributed by atoms with Gasteiger partial charge in [-0.1, -0.05) is 104 Å². The van der Waals surface area contributed by atoms with E-state index in [-0.39, 0.29) is 82.3 Å². The van der Waals surface area contributed by atoms with E-state index in [1.807, 2.05) is 64.1 Å². The standard InChI is InChI=1S/C56H80N6O9S2/c1-9-33(3)49(63)57-39-21-27-72-43-31-55(5,6)47(61(43)53(39)67)51(65)59-45-37-19-13-11-17-35(37)29-41(45)70-25-15-23-69-24-16-26-71-42-30-36-18-12-14-20-38(36)46(42)60-52(66)48-56(7,8)32-44-62(48)54(68)40(22-28-73-44)58-50(64)34(4)10-2/h11-14,17-20,33-34,39-48H,9-10,15-16,21-32H2,1-8H3,(H,57,63)(H,58,64)(H,59,65)(H,60,66)/t33-,34+,39-,40-,41+,42+,43-,44-,45-,46-,47+,48+/m0/s1. The smallest absolute Gasteiger partial charge is 0.246 e. The summed E-state index contributed by atoms with van der Waals surface area (Å²) in [5.41, 5.74) is 3.32. The quantitative estimate of drug-likeness (QED) is 0.105. The van der Waals surface area contributed by atoms with Crippen LogP contribution < -0.4 is 21.3 Å². The molecule has 15 nitrogen and oxygen atoms in total. The van der Waals surface area contributed by atoms with Crippen LogP contribution in [0.25, 0.3) is 0 Å². The minimum atomic E-state index is -0.703. The Balaban J connectivity index is 0.816. The molecule has 2 aromatic rings. The average Bonchev–Trinajstić information content (AvgIpc) is 4.01. The number of ether oxygens (including phenoxy) is 3. The van der Waals surface area contributed by atoms with Crippen LogP contribution in [0.15, 0.2) is 48.5 Å². The number of nitrogens with one attached hydrogen (secondary N) is 4. The molecule has 0 bridgehead atoms. The van der Waals surface area contributed by atoms with Gasteiger partial charge in [-0.25, -0.2) is 0 Å². The van der Waals surface area contributed by atoms with Crippen LogP contribution in [-0.2, 0) is 55.8 Å². The zero-order chi connectivity index (χ0) is 52.2. The summed E-state index contributed by atoms with van der Waals surface area (Å²) in [6.45, 7) is 17.7. The van der Waals surface area contributed by atoms with Crippen molar-refractivity contribution in [1.82, 2.24) is 31.1 Å². The number of hydrogen-bond donors (Lipinski definition) is 4. The Morgan fingerprint density at radius 1 is 0.616 bits per heavy atom. The minimum Gasteiger partial charge on any atom is -0.381 e. The van der Waals surface area contributed by atoms with Gasteiger partial charge < -0.3 is 45.3 Å². The Hall–Kier alpha value is -4.16. The van der Waals surface area contributed by atoms with Crippen LogP contribution in [0.1, 0.15) is 141 Å². The summed E-state index contributed by atoms with van der Waals surface area (Å²) >= 11 is 3.38. The molecular weight excluding hydrogens is 965 g/mol. The van der Waals surface area contributed by atoms with Crippen molar-refractivity contribution < 1.29 is 43.0 Å². The molecule has 0 aromatic heterocycles. The highest BCUT2D eigenvalue weighted by Gasteiger charge is 2.57. The SMILES string of the molecule is CC[C@@H](C)C(=O)N[C@H]1CCS[C@H]2CC(C)(C)[C@@H](C(=O)N[C@H]3c4ccccc4C[C@H]3OCCCOCCCO[C@@H]3Cc4ccccc4[C@@H]3NC(=O)[C@H]3N4C(=O)[C@@H](NC(=O)[C@@H](C)CC)CCS[C@H]4CC3(C)C)N2C1=O. The predicted octanol–water partition coefficient (Wildman–Crippen LogP) is 6.62. The highest BCUT2D eigenvalue weighted by molar-refractivity contribution is 8.00. The normalized spacial score (nSPS) is 29.8. The molecule has 2 aromatic carbocycles. The highest BCUT2D eigenvalue weighted by atomic mass is 32.2. The van der Waals surface area contributed by atoms with Gasteiger partial charge >= 0.3 is 0 Å². The molecule has 4 N–H and O–H groups in total. The Morgan fingerprint density at radius 2 is 1.01 bits per heavy atom. The molecule has 0 saturated carbocycles. The molecule has 73 heavy (non-hydrogen) atoms. The van der Waals surface area contributed by atoms with Crippen molar-refractivity contribution in [1.29, 1.82) is 0 Å². The third kappa shape index (κ3) is 12.1. The second kappa shape index (κ2) is 23.8. The van der Waals surface area contributed by atoms with Crippen LogP contribution in [0.2, 0.25) is 0 Å². The van der Waals surface area contributed by atoms with Crippen LogP contribution in [-0.4, -0.2) is 130 Å². The maximum atomic E-state index is 14.6. The molecule has 0 unspecified atom stereocenters. The van der Waals surface area contributed by atoms with Gasteiger partial charge in [0.05, 0.1) is 35.0 Å². The summed E-state index contributed by atoms with van der Waals surface area (Å²) in [6, 6.07) is 12.7. The first-order valence-electron chi connectivity index (χ1n) is 27.0. The number of nitrogens with zero attached hydrogens (tertiary/aromatic N) is 2. The Morgan fingerprint density at radius 3 is 1.41 bits per heavy atom. The van der Waals surface area contributed by atoms with Crippen LogP contribution in [0.4, 0.5) is 0 Å². The Kier molecular flexibility index (Phi) is 18.0. The van der Waals surface area contributed by atoms with Gasteiger partial charge in [-0.3, -0.25) is 28.8 Å². The van der Waals surface area contributed by atoms with Crippen molar-refractivity contribution in [3.8, 4) is 0 Å². The highest BCUT2D eigenvalue weighted by Crippen LogP contribution is 2.48. The number of thioether (sulfide) groups is 2. The third-order valence-electron chi connectivity index (χ3n) is 16.3. The van der Waals surface area contributed by atoms with Gasteiger partial charge in [0, 0.05) is 51.1 Å². The fourth-order valence-electron chi connectivity index (χ4n) is 11.8. The topological polar surface area (TPSA) is 185 Å². The van der Waals surface area contributed by atoms with Crippen molar-refractivity contribution in [2.24, 2.45) is 22.7 Å². The van der Waals surface area contributed by atoms with E-state index in [1.54, 1.807) is 33.3 Å². The van der Waals surface area contributed by atoms with Crippen LogP contribution in [0.5, 0.6) is 0 Å². The fraction of sp³-hybridized carbons (Fsp3) is 0.679. The lowest BCUT2D eigenvalue weighted by Gasteiger charge is -2.35. The van der Waals surface area contributed by atoms with Gasteiger partial charge in [-0.05, 0) is 96.0 Å². The Bertz CT molecular complexity index is 2180. The second-order valence-electron chi connectivity index (χ2n) is 22.6. The van der Waals surface area contributed by atoms with Gasteiger partial charge in [0.2, 0.25) is 35.4 Å². The van der Waals surface area contributed by atoms with Crippen molar-refractivity contribution >= 4 is 59.0 Å². The van der Waals surface area contributed by atoms with E-state index in [1.165, 1.54) is 0 Å². The van der Waals surface area contributed by atoms with Crippen molar-refractivity contribution in [3.63, 3.8) is 0 Å². The zero-order valence-corrected chi connectivity index (χ0v) is 45.9. The maximum Gasteiger partial charge on any atom is 0.246 e. The fourth-order valence-corrected chi connectivity index (χ4v) is 15.0. The number of amides is 6. The van der Waals surface area contributed by atoms with Crippen molar-refractivity contribution in [2.75, 3.05) is 37.9 Å². The van der Waals surface area contributed by atoms with Crippen molar-refractivity contribution in [3.05, 3.63) is 70.8 Å². The number of benzene rings is 2. The zero-order valence-electron chi connectivity index (χ0n) is 44.2. The van der Waals surface area contributed by atoms with Crippen LogP contribution in [0.3, 0.4) is 0 Å². The maximum absolute atomic E-state index is 14.6. The molecule has 4 heterocycles. The molecule has 6 aliphatic rings. The van der Waals surface area contributed by atoms with E-state index in [9.17, 15) is 28.8 Å². The molecule has 17 heteroatoms. The van der Waals surface area contributed by atoms with E-state index in [0.29, 0.717) is 90.6 Å². The summed E-state index contributed by atoms with van der Waals surface area (Å²) in [5, 5.41) is 12.4. The molecule has 12 atom stereocenters. The van der Waals surface area contributed by atoms with Gasteiger partial charge in [-0.2, -0.15) is 0 Å². The molecule has 6 amide bonds. The van der Waals surface area contributed by atoms with Gasteiger partial charge in [-0.15, -0.1) is 23.5 Å². The first kappa shape index (κ1) is 55.1. The van der Waals surface area contributed by atoms with Crippen molar-refractivity contribution in [2.45, 2.75) is 179 Å². The average molecular weight is 1050 g/mol. The third-order valence-corrected chi connectivity index (χ3v) is 18.8. The van der Waals surface area contributed by atoms with Gasteiger partial charge in [0.25, 0.3) is 0 Å². The van der Waals surface area contributed by atoms with Crippen LogP contribution >= 0.6 is 23.5 Å². The minimum absolute atomic E-state index is 0.133. The van der Waals surface area contributed by atoms with E-state index in [2.05, 4.69) is 61.1 Å². The first-order chi connectivity index (χ1) is 34.9. The monoisotopic (exact) mass is 1040 g/mol. The summed E-state index contributed by atoms with van der Waals surface area (Å²) in [5.74, 6) is -0.0136. The molecule has 4 fully saturated rings. The number of rotatable bonds is 20. The second-order valence-corrected chi connectivity index (χ2v) is 25.1. The van der Waals surface area contributed by atoms with Crippen LogP contribution in [0, 0.1) is 22.7 Å². The number of hydrogen-bond acceptors (Lipinski definition) is 11. The lowest BCUT2D eigenvalue weighted by Crippen LogP contribution is -2.57. The molecule has 0 spiro atoms. The molecule has 8 rings (SSSR count). The summed E-state index contributed by atoms with van der Waals surface area (Å²) < 4.78 is 19.1.